The van der Waals surface area contributed by atoms with Crippen LogP contribution in [-0.4, -0.2) is 57.7 Å². The van der Waals surface area contributed by atoms with Crippen LogP contribution in [0.1, 0.15) is 75.8 Å². The average molecular weight is 458 g/mol. The van der Waals surface area contributed by atoms with Crippen LogP contribution < -0.4 is 0 Å². The van der Waals surface area contributed by atoms with Gasteiger partial charge < -0.3 is 9.64 Å². The van der Waals surface area contributed by atoms with Crippen LogP contribution in [0.5, 0.6) is 0 Å². The molecule has 4 heteroatoms. The Kier molecular flexibility index (Phi) is 4.29. The lowest BCUT2D eigenvalue weighted by Crippen LogP contribution is -2.58. The fourth-order valence-corrected chi connectivity index (χ4v) is 9.64. The van der Waals surface area contributed by atoms with Crippen molar-refractivity contribution in [1.29, 1.82) is 0 Å². The van der Waals surface area contributed by atoms with E-state index in [1.807, 2.05) is 6.20 Å². The van der Waals surface area contributed by atoms with Gasteiger partial charge in [-0.2, -0.15) is 0 Å². The second-order valence-electron chi connectivity index (χ2n) is 12.8. The molecule has 0 radical (unpaired) electrons. The van der Waals surface area contributed by atoms with E-state index in [9.17, 15) is 0 Å². The summed E-state index contributed by atoms with van der Waals surface area (Å²) in [6, 6.07) is 3.64. The van der Waals surface area contributed by atoms with Crippen LogP contribution in [-0.2, 0) is 17.7 Å². The Bertz CT molecular complexity index is 1090. The number of ether oxygens (including phenoxy) is 1. The second-order valence-corrected chi connectivity index (χ2v) is 12.8. The van der Waals surface area contributed by atoms with Gasteiger partial charge in [-0.15, -0.1) is 0 Å². The van der Waals surface area contributed by atoms with Crippen LogP contribution in [0.25, 0.3) is 0 Å². The highest BCUT2D eigenvalue weighted by Crippen LogP contribution is 2.67. The van der Waals surface area contributed by atoms with Gasteiger partial charge in [-0.05, 0) is 117 Å². The maximum atomic E-state index is 7.51. The molecule has 2 saturated carbocycles. The van der Waals surface area contributed by atoms with E-state index in [2.05, 4.69) is 46.1 Å². The van der Waals surface area contributed by atoms with E-state index < -0.39 is 0 Å². The zero-order valence-electron chi connectivity index (χ0n) is 20.8. The predicted octanol–water partition coefficient (Wildman–Crippen LogP) is 5.04. The minimum absolute atomic E-state index is 0.0165. The van der Waals surface area contributed by atoms with Crippen molar-refractivity contribution >= 4 is 0 Å². The van der Waals surface area contributed by atoms with Gasteiger partial charge in [0, 0.05) is 37.6 Å². The fraction of sp³-hybridized carbons (Fsp3) is 0.700. The van der Waals surface area contributed by atoms with Crippen molar-refractivity contribution in [3.8, 4) is 0 Å². The Hall–Kier alpha value is -1.49. The Labute approximate surface area is 204 Å². The van der Waals surface area contributed by atoms with Gasteiger partial charge in [-0.25, -0.2) is 0 Å². The van der Waals surface area contributed by atoms with Gasteiger partial charge in [-0.3, -0.25) is 9.88 Å². The summed E-state index contributed by atoms with van der Waals surface area (Å²) in [5.74, 6) is 0.654. The molecule has 4 fully saturated rings. The van der Waals surface area contributed by atoms with Gasteiger partial charge in [0.15, 0.2) is 0 Å². The molecular formula is C30H39N3O. The summed E-state index contributed by atoms with van der Waals surface area (Å²) >= 11 is 0. The zero-order valence-corrected chi connectivity index (χ0v) is 20.8. The lowest BCUT2D eigenvalue weighted by atomic mass is 9.59. The number of hydrogen-bond acceptors (Lipinski definition) is 4. The standard InChI is InChI=1S/C30H39N3O/c1-28-10-7-24-17-23-3-4-25(32-14-2-15-32)18-29(23)11-12-30(24,34-29)26(28)5-6-27(28)33-16-9-21-8-13-31-19-22(21)20-33/h7-8,13,17,19,25-27H,2-6,9-12,14-16,18,20H2,1H3. The van der Waals surface area contributed by atoms with E-state index in [4.69, 9.17) is 4.74 Å². The first-order chi connectivity index (χ1) is 16.6. The van der Waals surface area contributed by atoms with E-state index in [1.54, 1.807) is 11.1 Å². The second kappa shape index (κ2) is 7.05. The molecule has 2 bridgehead atoms. The van der Waals surface area contributed by atoms with Gasteiger partial charge >= 0.3 is 0 Å². The minimum atomic E-state index is -0.0165. The monoisotopic (exact) mass is 457 g/mol. The van der Waals surface area contributed by atoms with Crippen LogP contribution in [0.15, 0.2) is 41.8 Å². The topological polar surface area (TPSA) is 28.6 Å². The maximum absolute atomic E-state index is 7.51. The quantitative estimate of drug-likeness (QED) is 0.622. The van der Waals surface area contributed by atoms with Crippen molar-refractivity contribution in [2.24, 2.45) is 11.3 Å². The molecule has 2 saturated heterocycles. The van der Waals surface area contributed by atoms with Crippen molar-refractivity contribution in [1.82, 2.24) is 14.8 Å². The smallest absolute Gasteiger partial charge is 0.0975 e. The predicted molar refractivity (Wildman–Crippen MR) is 133 cm³/mol. The minimum Gasteiger partial charge on any atom is -0.359 e. The Balaban J connectivity index is 1.11. The molecule has 0 aromatic carbocycles. The molecule has 0 N–H and O–H groups in total. The zero-order chi connectivity index (χ0) is 22.5. The first-order valence-electron chi connectivity index (χ1n) is 14.1. The fourth-order valence-electron chi connectivity index (χ4n) is 9.64. The molecule has 8 rings (SSSR count). The lowest BCUT2D eigenvalue weighted by molar-refractivity contribution is -0.147. The third-order valence-corrected chi connectivity index (χ3v) is 11.5. The number of aromatic nitrogens is 1. The third-order valence-electron chi connectivity index (χ3n) is 11.5. The first-order valence-corrected chi connectivity index (χ1v) is 14.1. The average Bonchev–Trinajstić information content (AvgIpc) is 3.33. The summed E-state index contributed by atoms with van der Waals surface area (Å²) < 4.78 is 7.51. The Morgan fingerprint density at radius 2 is 1.97 bits per heavy atom. The molecule has 1 aromatic rings. The maximum Gasteiger partial charge on any atom is 0.0975 e. The molecule has 2 spiro atoms. The van der Waals surface area contributed by atoms with Crippen molar-refractivity contribution in [2.45, 2.75) is 101 Å². The van der Waals surface area contributed by atoms with Crippen LogP contribution in [0.2, 0.25) is 0 Å². The summed E-state index contributed by atoms with van der Waals surface area (Å²) in [4.78, 5) is 10.00. The van der Waals surface area contributed by atoms with Crippen molar-refractivity contribution in [3.05, 3.63) is 52.9 Å². The molecule has 1 aromatic heterocycles. The van der Waals surface area contributed by atoms with E-state index in [0.29, 0.717) is 17.4 Å². The number of pyridine rings is 1. The number of fused-ring (bicyclic) bond motifs is 2. The van der Waals surface area contributed by atoms with Crippen molar-refractivity contribution in [2.75, 3.05) is 19.6 Å². The van der Waals surface area contributed by atoms with Crippen molar-refractivity contribution in [3.63, 3.8) is 0 Å². The molecule has 6 atom stereocenters. The van der Waals surface area contributed by atoms with Crippen LogP contribution in [0, 0.1) is 11.3 Å². The normalized spacial score (nSPS) is 45.4. The molecule has 3 aliphatic carbocycles. The number of rotatable bonds is 2. The van der Waals surface area contributed by atoms with Crippen molar-refractivity contribution < 1.29 is 4.74 Å². The summed E-state index contributed by atoms with van der Waals surface area (Å²) in [7, 11) is 0. The molecule has 6 unspecified atom stereocenters. The van der Waals surface area contributed by atoms with Gasteiger partial charge in [0.25, 0.3) is 0 Å². The number of allylic oxidation sites excluding steroid dienone is 1. The summed E-state index contributed by atoms with van der Waals surface area (Å²) in [6.07, 6.45) is 22.1. The highest BCUT2D eigenvalue weighted by Gasteiger charge is 2.67. The van der Waals surface area contributed by atoms with Gasteiger partial charge in [-0.1, -0.05) is 19.1 Å². The molecule has 34 heavy (non-hydrogen) atoms. The summed E-state index contributed by atoms with van der Waals surface area (Å²) in [5.41, 5.74) is 6.50. The van der Waals surface area contributed by atoms with Gasteiger partial charge in [0.1, 0.15) is 0 Å². The largest absolute Gasteiger partial charge is 0.359 e. The molecule has 4 nitrogen and oxygen atoms in total. The summed E-state index contributed by atoms with van der Waals surface area (Å²) in [5, 5.41) is 0. The molecular weight excluding hydrogens is 418 g/mol. The third kappa shape index (κ3) is 2.63. The first kappa shape index (κ1) is 20.7. The van der Waals surface area contributed by atoms with Crippen LogP contribution in [0.4, 0.5) is 0 Å². The van der Waals surface area contributed by atoms with Gasteiger partial charge in [0.05, 0.1) is 11.2 Å². The van der Waals surface area contributed by atoms with Crippen LogP contribution in [0.3, 0.4) is 0 Å². The molecule has 5 heterocycles. The molecule has 180 valence electrons. The highest BCUT2D eigenvalue weighted by molar-refractivity contribution is 5.47. The highest BCUT2D eigenvalue weighted by atomic mass is 16.5. The van der Waals surface area contributed by atoms with Crippen LogP contribution >= 0.6 is 0 Å². The molecule has 4 aliphatic heterocycles. The Morgan fingerprint density at radius 1 is 1.03 bits per heavy atom. The van der Waals surface area contributed by atoms with Gasteiger partial charge in [0.2, 0.25) is 0 Å². The molecule has 0 amide bonds. The van der Waals surface area contributed by atoms with E-state index in [-0.39, 0.29) is 11.2 Å². The van der Waals surface area contributed by atoms with E-state index >= 15 is 0 Å². The molecule has 7 aliphatic rings. The summed E-state index contributed by atoms with van der Waals surface area (Å²) in [6.45, 7) is 7.51. The van der Waals surface area contributed by atoms with E-state index in [0.717, 1.165) is 12.6 Å². The van der Waals surface area contributed by atoms with E-state index in [1.165, 1.54) is 95.0 Å². The SMILES string of the molecule is CC12CC=C3C=C4CCC(N5CCC5)CC45CCC3(O5)C1CCC2N1CCc2ccncc2C1. The number of hydrogen-bond donors (Lipinski definition) is 0. The number of nitrogens with zero attached hydrogens (tertiary/aromatic N) is 3. The lowest BCUT2D eigenvalue weighted by Gasteiger charge is -2.56. The Morgan fingerprint density at radius 3 is 2.85 bits per heavy atom. The number of likely N-dealkylation sites (tertiary alicyclic amines) is 1.